The number of carbonyl (C=O) groups is 1. The summed E-state index contributed by atoms with van der Waals surface area (Å²) >= 11 is 0. The van der Waals surface area contributed by atoms with Gasteiger partial charge in [-0.3, -0.25) is 0 Å². The number of hydrogen-bond donors (Lipinski definition) is 1. The molecule has 28 heavy (non-hydrogen) atoms. The summed E-state index contributed by atoms with van der Waals surface area (Å²) in [6, 6.07) is 10.4. The van der Waals surface area contributed by atoms with E-state index in [4.69, 9.17) is 18.9 Å². The van der Waals surface area contributed by atoms with Gasteiger partial charge in [0.1, 0.15) is 6.61 Å². The molecule has 4 rings (SSSR count). The van der Waals surface area contributed by atoms with Gasteiger partial charge in [0, 0.05) is 17.2 Å². The van der Waals surface area contributed by atoms with Crippen LogP contribution in [0.15, 0.2) is 36.4 Å². The minimum Gasteiger partial charge on any atom is -0.493 e. The summed E-state index contributed by atoms with van der Waals surface area (Å²) in [5.41, 5.74) is 2.84. The summed E-state index contributed by atoms with van der Waals surface area (Å²) < 4.78 is 23.5. The lowest BCUT2D eigenvalue weighted by Crippen LogP contribution is -2.16. The predicted molar refractivity (Wildman–Crippen MR) is 99.9 cm³/mol. The van der Waals surface area contributed by atoms with E-state index in [-0.39, 0.29) is 12.2 Å². The van der Waals surface area contributed by atoms with Gasteiger partial charge in [-0.2, -0.15) is 5.10 Å². The number of carboxylic acid groups (broad SMARTS) is 1. The van der Waals surface area contributed by atoms with Crippen molar-refractivity contribution in [1.29, 1.82) is 0 Å². The monoisotopic (exact) mass is 382 g/mol. The largest absolute Gasteiger partial charge is 0.493 e. The Morgan fingerprint density at radius 1 is 1.11 bits per heavy atom. The number of nitrogens with zero attached hydrogens (tertiary/aromatic N) is 2. The Bertz CT molecular complexity index is 1050. The van der Waals surface area contributed by atoms with Gasteiger partial charge in [0.2, 0.25) is 11.6 Å². The van der Waals surface area contributed by atoms with Crippen LogP contribution in [-0.4, -0.2) is 42.2 Å². The minimum atomic E-state index is -0.999. The molecule has 0 unspecified atom stereocenters. The number of methoxy groups -OCH3 is 3. The van der Waals surface area contributed by atoms with Crippen molar-refractivity contribution in [2.75, 3.05) is 21.3 Å². The number of aromatic nitrogens is 2. The van der Waals surface area contributed by atoms with Gasteiger partial charge in [0.15, 0.2) is 11.5 Å². The van der Waals surface area contributed by atoms with Crippen LogP contribution >= 0.6 is 0 Å². The van der Waals surface area contributed by atoms with Crippen molar-refractivity contribution in [3.63, 3.8) is 0 Å². The van der Waals surface area contributed by atoms with Crippen molar-refractivity contribution in [3.05, 3.63) is 47.5 Å². The van der Waals surface area contributed by atoms with E-state index in [1.165, 1.54) is 0 Å². The maximum absolute atomic E-state index is 11.5. The third-order valence-corrected chi connectivity index (χ3v) is 4.61. The van der Waals surface area contributed by atoms with E-state index in [0.717, 1.165) is 5.56 Å². The Kier molecular flexibility index (Phi) is 4.31. The summed E-state index contributed by atoms with van der Waals surface area (Å²) in [6.45, 7) is 0.165. The molecule has 0 spiro atoms. The first kappa shape index (κ1) is 17.7. The van der Waals surface area contributed by atoms with Crippen LogP contribution in [-0.2, 0) is 6.61 Å². The molecule has 0 aliphatic carbocycles. The molecule has 0 saturated heterocycles. The molecule has 1 aliphatic rings. The van der Waals surface area contributed by atoms with E-state index in [1.54, 1.807) is 56.3 Å². The molecular weight excluding hydrogens is 364 g/mol. The highest BCUT2D eigenvalue weighted by Gasteiger charge is 2.25. The third-order valence-electron chi connectivity index (χ3n) is 4.61. The Balaban J connectivity index is 1.85. The van der Waals surface area contributed by atoms with Crippen LogP contribution in [0.3, 0.4) is 0 Å². The standard InChI is InChI=1S/C20H18N2O6/c1-25-16-7-11(8-17(26-2)19(16)27-3)14-9-18-22(21-14)15-6-4-5-12(20(23)24)13(15)10-28-18/h4-9H,10H2,1-3H3,(H,23,24). The number of ether oxygens (including phenoxy) is 4. The summed E-state index contributed by atoms with van der Waals surface area (Å²) in [5, 5.41) is 14.0. The van der Waals surface area contributed by atoms with E-state index in [1.807, 2.05) is 6.07 Å². The highest BCUT2D eigenvalue weighted by molar-refractivity contribution is 5.90. The van der Waals surface area contributed by atoms with Gasteiger partial charge in [0.25, 0.3) is 0 Å². The quantitative estimate of drug-likeness (QED) is 0.725. The molecule has 1 N–H and O–H groups in total. The predicted octanol–water partition coefficient (Wildman–Crippen LogP) is 3.16. The second-order valence-corrected chi connectivity index (χ2v) is 6.09. The van der Waals surface area contributed by atoms with Crippen molar-refractivity contribution in [2.24, 2.45) is 0 Å². The second-order valence-electron chi connectivity index (χ2n) is 6.09. The molecule has 144 valence electrons. The normalized spacial score (nSPS) is 11.8. The Morgan fingerprint density at radius 3 is 2.43 bits per heavy atom. The van der Waals surface area contributed by atoms with E-state index in [9.17, 15) is 9.90 Å². The lowest BCUT2D eigenvalue weighted by atomic mass is 10.1. The number of fused-ring (bicyclic) bond motifs is 3. The molecule has 0 radical (unpaired) electrons. The molecule has 1 aromatic heterocycles. The summed E-state index contributed by atoms with van der Waals surface area (Å²) in [5.74, 6) is 1.04. The van der Waals surface area contributed by atoms with Crippen molar-refractivity contribution < 1.29 is 28.8 Å². The lowest BCUT2D eigenvalue weighted by molar-refractivity contribution is 0.0693. The average molecular weight is 382 g/mol. The fourth-order valence-corrected chi connectivity index (χ4v) is 3.28. The highest BCUT2D eigenvalue weighted by Crippen LogP contribution is 2.42. The van der Waals surface area contributed by atoms with E-state index < -0.39 is 5.97 Å². The first-order valence-corrected chi connectivity index (χ1v) is 8.46. The summed E-state index contributed by atoms with van der Waals surface area (Å²) in [6.07, 6.45) is 0. The number of hydrogen-bond acceptors (Lipinski definition) is 6. The molecule has 0 fully saturated rings. The van der Waals surface area contributed by atoms with Gasteiger partial charge in [0.05, 0.1) is 38.3 Å². The minimum absolute atomic E-state index is 0.165. The molecule has 0 saturated carbocycles. The molecule has 3 aromatic rings. The van der Waals surface area contributed by atoms with Crippen LogP contribution in [0.1, 0.15) is 15.9 Å². The van der Waals surface area contributed by atoms with Gasteiger partial charge < -0.3 is 24.1 Å². The number of carboxylic acids is 1. The highest BCUT2D eigenvalue weighted by atomic mass is 16.5. The van der Waals surface area contributed by atoms with Crippen molar-refractivity contribution in [2.45, 2.75) is 6.61 Å². The second kappa shape index (κ2) is 6.80. The maximum Gasteiger partial charge on any atom is 0.336 e. The van der Waals surface area contributed by atoms with E-state index >= 15 is 0 Å². The maximum atomic E-state index is 11.5. The fourth-order valence-electron chi connectivity index (χ4n) is 3.28. The number of aromatic carboxylic acids is 1. The molecule has 1 aliphatic heterocycles. The zero-order chi connectivity index (χ0) is 19.8. The van der Waals surface area contributed by atoms with Crippen LogP contribution in [0.5, 0.6) is 23.1 Å². The molecule has 8 heteroatoms. The van der Waals surface area contributed by atoms with Crippen LogP contribution in [0, 0.1) is 0 Å². The summed E-state index contributed by atoms with van der Waals surface area (Å²) in [7, 11) is 4.64. The van der Waals surface area contributed by atoms with Crippen molar-refractivity contribution in [1.82, 2.24) is 9.78 Å². The fraction of sp³-hybridized carbons (Fsp3) is 0.200. The average Bonchev–Trinajstić information content (AvgIpc) is 3.16. The van der Waals surface area contributed by atoms with Gasteiger partial charge in [-0.1, -0.05) is 6.07 Å². The van der Waals surface area contributed by atoms with Crippen LogP contribution in [0.4, 0.5) is 0 Å². The topological polar surface area (TPSA) is 92.0 Å². The molecule has 0 bridgehead atoms. The van der Waals surface area contributed by atoms with Crippen LogP contribution in [0.2, 0.25) is 0 Å². The molecule has 8 nitrogen and oxygen atoms in total. The molecule has 0 atom stereocenters. The van der Waals surface area contributed by atoms with Gasteiger partial charge in [-0.15, -0.1) is 0 Å². The van der Waals surface area contributed by atoms with E-state index in [0.29, 0.717) is 40.1 Å². The number of rotatable bonds is 5. The zero-order valence-electron chi connectivity index (χ0n) is 15.6. The smallest absolute Gasteiger partial charge is 0.336 e. The molecule has 2 heterocycles. The van der Waals surface area contributed by atoms with Gasteiger partial charge >= 0.3 is 5.97 Å². The van der Waals surface area contributed by atoms with E-state index in [2.05, 4.69) is 5.10 Å². The number of benzene rings is 2. The van der Waals surface area contributed by atoms with Gasteiger partial charge in [-0.25, -0.2) is 9.48 Å². The van der Waals surface area contributed by atoms with Gasteiger partial charge in [-0.05, 0) is 24.3 Å². The molecule has 2 aromatic carbocycles. The SMILES string of the molecule is COc1cc(-c2cc3n(n2)-c2cccc(C(=O)O)c2CO3)cc(OC)c1OC. The Labute approximate surface area is 160 Å². The Morgan fingerprint density at radius 2 is 1.82 bits per heavy atom. The third kappa shape index (κ3) is 2.70. The molecular formula is C20H18N2O6. The zero-order valence-corrected chi connectivity index (χ0v) is 15.6. The molecule has 0 amide bonds. The van der Waals surface area contributed by atoms with Crippen LogP contribution < -0.4 is 18.9 Å². The van der Waals surface area contributed by atoms with Crippen molar-refractivity contribution >= 4 is 5.97 Å². The lowest BCUT2D eigenvalue weighted by Gasteiger charge is -2.20. The summed E-state index contributed by atoms with van der Waals surface area (Å²) in [4.78, 5) is 11.5. The van der Waals surface area contributed by atoms with Crippen molar-refractivity contribution in [3.8, 4) is 40.1 Å². The first-order chi connectivity index (χ1) is 13.6. The first-order valence-electron chi connectivity index (χ1n) is 8.46. The van der Waals surface area contributed by atoms with Crippen LogP contribution in [0.25, 0.3) is 16.9 Å². The Hall–Kier alpha value is -3.68.